The molecule has 0 saturated heterocycles. The molecular formula is C24H37BrO3. The Morgan fingerprint density at radius 2 is 1.71 bits per heavy atom. The summed E-state index contributed by atoms with van der Waals surface area (Å²) in [7, 11) is 0. The molecule has 2 unspecified atom stereocenters. The van der Waals surface area contributed by atoms with Gasteiger partial charge in [-0.05, 0) is 106 Å². The Morgan fingerprint density at radius 3 is 2.50 bits per heavy atom. The lowest BCUT2D eigenvalue weighted by molar-refractivity contribution is -0.174. The summed E-state index contributed by atoms with van der Waals surface area (Å²) in [6.07, 6.45) is 13.6. The first-order chi connectivity index (χ1) is 13.4. The molecule has 1 N–H and O–H groups in total. The summed E-state index contributed by atoms with van der Waals surface area (Å²) in [5.74, 6) is 3.69. The number of hydrogen-bond acceptors (Lipinski definition) is 3. The fourth-order valence-corrected chi connectivity index (χ4v) is 10.0. The van der Waals surface area contributed by atoms with E-state index in [1.807, 2.05) is 0 Å². The average molecular weight is 453 g/mol. The zero-order valence-corrected chi connectivity index (χ0v) is 19.1. The summed E-state index contributed by atoms with van der Waals surface area (Å²) in [5.41, 5.74) is 0.610. The van der Waals surface area contributed by atoms with Crippen LogP contribution < -0.4 is 0 Å². The number of carbonyl (C=O) groups excluding carboxylic acids is 1. The molecular weight excluding hydrogens is 416 g/mol. The van der Waals surface area contributed by atoms with E-state index in [0.29, 0.717) is 16.2 Å². The van der Waals surface area contributed by atoms with Gasteiger partial charge in [0.05, 0.1) is 6.10 Å². The highest BCUT2D eigenvalue weighted by Crippen LogP contribution is 2.70. The maximum absolute atomic E-state index is 11.4. The topological polar surface area (TPSA) is 46.5 Å². The zero-order chi connectivity index (χ0) is 19.7. The number of alkyl halides is 1. The molecule has 5 aliphatic carbocycles. The van der Waals surface area contributed by atoms with Crippen molar-refractivity contribution in [3.8, 4) is 0 Å². The summed E-state index contributed by atoms with van der Waals surface area (Å²) in [4.78, 5) is 11.7. The van der Waals surface area contributed by atoms with Gasteiger partial charge in [0.25, 0.3) is 0 Å². The van der Waals surface area contributed by atoms with Crippen molar-refractivity contribution in [3.63, 3.8) is 0 Å². The Kier molecular flexibility index (Phi) is 4.94. The van der Waals surface area contributed by atoms with Crippen molar-refractivity contribution < 1.29 is 14.6 Å². The second-order valence-corrected chi connectivity index (χ2v) is 12.3. The molecule has 3 nitrogen and oxygen atoms in total. The van der Waals surface area contributed by atoms with E-state index < -0.39 is 0 Å². The predicted molar refractivity (Wildman–Crippen MR) is 113 cm³/mol. The number of carbonyl (C=O) groups is 1. The first kappa shape index (κ1) is 19.8. The van der Waals surface area contributed by atoms with Gasteiger partial charge in [-0.3, -0.25) is 4.79 Å². The Balaban J connectivity index is 1.39. The van der Waals surface area contributed by atoms with Crippen LogP contribution in [0.1, 0.15) is 84.5 Å². The van der Waals surface area contributed by atoms with Crippen LogP contribution in [0.15, 0.2) is 0 Å². The molecule has 0 radical (unpaired) electrons. The van der Waals surface area contributed by atoms with Gasteiger partial charge in [-0.15, -0.1) is 0 Å². The first-order valence-electron chi connectivity index (χ1n) is 11.9. The Hall–Kier alpha value is -0.0900. The van der Waals surface area contributed by atoms with Crippen LogP contribution in [0.25, 0.3) is 0 Å². The summed E-state index contributed by atoms with van der Waals surface area (Å²) in [5, 5.41) is 11.3. The smallest absolute Gasteiger partial charge is 0.302 e. The molecule has 0 aliphatic heterocycles. The minimum Gasteiger partial charge on any atom is -0.463 e. The van der Waals surface area contributed by atoms with E-state index in [0.717, 1.165) is 42.9 Å². The summed E-state index contributed by atoms with van der Waals surface area (Å²) >= 11 is 3.84. The molecule has 10 atom stereocenters. The predicted octanol–water partition coefficient (Wildman–Crippen LogP) is 5.48. The summed E-state index contributed by atoms with van der Waals surface area (Å²) in [6, 6.07) is 0. The average Bonchev–Trinajstić information content (AvgIpc) is 3.05. The second kappa shape index (κ2) is 6.97. The van der Waals surface area contributed by atoms with Crippen molar-refractivity contribution in [3.05, 3.63) is 0 Å². The number of halogens is 1. The lowest BCUT2D eigenvalue weighted by atomic mass is 9.43. The van der Waals surface area contributed by atoms with E-state index in [9.17, 15) is 9.90 Å². The van der Waals surface area contributed by atoms with Gasteiger partial charge < -0.3 is 9.84 Å². The van der Waals surface area contributed by atoms with Crippen LogP contribution in [-0.4, -0.2) is 28.1 Å². The number of aliphatic hydroxyl groups is 1. The summed E-state index contributed by atoms with van der Waals surface area (Å²) < 4.78 is 5.61. The van der Waals surface area contributed by atoms with Crippen molar-refractivity contribution in [1.29, 1.82) is 0 Å². The molecule has 0 amide bonds. The Bertz CT molecular complexity index is 637. The molecule has 5 saturated carbocycles. The SMILES string of the molecule is CC(=O)O[C@H]1CC[C@@]2(C)[C@@H](CC[C@@H]3[C@@H]2CC[C@@]24C(O)C(Br)CC[C@H]2CC[C@@H]34)C1. The van der Waals surface area contributed by atoms with Crippen LogP contribution in [0.2, 0.25) is 0 Å². The second-order valence-electron chi connectivity index (χ2n) is 11.1. The van der Waals surface area contributed by atoms with Crippen LogP contribution in [0.4, 0.5) is 0 Å². The highest BCUT2D eigenvalue weighted by atomic mass is 79.9. The molecule has 5 fully saturated rings. The van der Waals surface area contributed by atoms with Gasteiger partial charge in [0.15, 0.2) is 0 Å². The van der Waals surface area contributed by atoms with Gasteiger partial charge in [0.1, 0.15) is 6.10 Å². The minimum atomic E-state index is -0.148. The molecule has 0 bridgehead atoms. The van der Waals surface area contributed by atoms with E-state index >= 15 is 0 Å². The van der Waals surface area contributed by atoms with Crippen molar-refractivity contribution in [2.24, 2.45) is 40.4 Å². The van der Waals surface area contributed by atoms with Crippen LogP contribution >= 0.6 is 15.9 Å². The van der Waals surface area contributed by atoms with Crippen LogP contribution in [0.5, 0.6) is 0 Å². The standard InChI is InChI=1S/C24H37BrO3/c1-14(26)28-17-9-11-23(2)16(13-17)3-6-18-19(23)10-12-24-15(4-7-20(18)24)5-8-21(25)22(24)27/h15-22,27H,3-13H2,1-2H3/t15-,16+,17+,18-,19+,20+,21?,22?,23+,24-/m1/s1. The van der Waals surface area contributed by atoms with E-state index in [1.54, 1.807) is 6.92 Å². The number of hydrogen-bond donors (Lipinski definition) is 1. The van der Waals surface area contributed by atoms with E-state index in [2.05, 4.69) is 22.9 Å². The largest absolute Gasteiger partial charge is 0.463 e. The molecule has 1 spiro atoms. The van der Waals surface area contributed by atoms with E-state index in [-0.39, 0.29) is 23.6 Å². The number of fused-ring (bicyclic) bond motifs is 4. The van der Waals surface area contributed by atoms with Gasteiger partial charge in [-0.1, -0.05) is 22.9 Å². The van der Waals surface area contributed by atoms with Crippen molar-refractivity contribution in [2.75, 3.05) is 0 Å². The molecule has 0 heterocycles. The molecule has 158 valence electrons. The van der Waals surface area contributed by atoms with Gasteiger partial charge in [0.2, 0.25) is 0 Å². The Labute approximate surface area is 178 Å². The van der Waals surface area contributed by atoms with Gasteiger partial charge in [-0.2, -0.15) is 0 Å². The lowest BCUT2D eigenvalue weighted by Crippen LogP contribution is -2.59. The third-order valence-electron chi connectivity index (χ3n) is 10.4. The van der Waals surface area contributed by atoms with E-state index in [1.165, 1.54) is 51.4 Å². The van der Waals surface area contributed by atoms with Crippen molar-refractivity contribution >= 4 is 21.9 Å². The third kappa shape index (κ3) is 2.72. The normalized spacial score (nSPS) is 55.4. The molecule has 0 aromatic carbocycles. The van der Waals surface area contributed by atoms with Crippen LogP contribution in [0, 0.1) is 40.4 Å². The Morgan fingerprint density at radius 1 is 0.964 bits per heavy atom. The highest BCUT2D eigenvalue weighted by Gasteiger charge is 2.65. The fraction of sp³-hybridized carbons (Fsp3) is 0.958. The van der Waals surface area contributed by atoms with Gasteiger partial charge in [-0.25, -0.2) is 0 Å². The van der Waals surface area contributed by atoms with Crippen LogP contribution in [0.3, 0.4) is 0 Å². The molecule has 5 rings (SSSR count). The van der Waals surface area contributed by atoms with Crippen molar-refractivity contribution in [1.82, 2.24) is 0 Å². The lowest BCUT2D eigenvalue weighted by Gasteiger charge is -2.63. The quantitative estimate of drug-likeness (QED) is 0.423. The number of rotatable bonds is 1. The van der Waals surface area contributed by atoms with Gasteiger partial charge >= 0.3 is 5.97 Å². The minimum absolute atomic E-state index is 0.116. The van der Waals surface area contributed by atoms with Crippen LogP contribution in [-0.2, 0) is 9.53 Å². The number of ether oxygens (including phenoxy) is 1. The maximum atomic E-state index is 11.4. The fourth-order valence-electron chi connectivity index (χ4n) is 9.27. The zero-order valence-electron chi connectivity index (χ0n) is 17.5. The highest BCUT2D eigenvalue weighted by molar-refractivity contribution is 9.09. The van der Waals surface area contributed by atoms with Gasteiger partial charge in [0, 0.05) is 17.2 Å². The van der Waals surface area contributed by atoms with Crippen molar-refractivity contribution in [2.45, 2.75) is 102 Å². The monoisotopic (exact) mass is 452 g/mol. The third-order valence-corrected chi connectivity index (χ3v) is 11.4. The number of esters is 1. The molecule has 0 aromatic rings. The molecule has 4 heteroatoms. The molecule has 0 aromatic heterocycles. The summed E-state index contributed by atoms with van der Waals surface area (Å²) in [6.45, 7) is 4.11. The van der Waals surface area contributed by atoms with E-state index in [4.69, 9.17) is 4.74 Å². The first-order valence-corrected chi connectivity index (χ1v) is 12.8. The number of aliphatic hydroxyl groups excluding tert-OH is 1. The molecule has 28 heavy (non-hydrogen) atoms. The maximum Gasteiger partial charge on any atom is 0.302 e. The molecule has 5 aliphatic rings.